The van der Waals surface area contributed by atoms with Crippen LogP contribution >= 0.6 is 48.0 Å². The van der Waals surface area contributed by atoms with Crippen LogP contribution < -0.4 is 5.56 Å². The van der Waals surface area contributed by atoms with E-state index in [1.54, 1.807) is 4.57 Å². The summed E-state index contributed by atoms with van der Waals surface area (Å²) in [5.41, 5.74) is 2.35. The topological polar surface area (TPSA) is 89.6 Å². The Morgan fingerprint density at radius 2 is 1.54 bits per heavy atom. The molecule has 41 heavy (non-hydrogen) atoms. The lowest BCUT2D eigenvalue weighted by molar-refractivity contribution is -0.0659. The van der Waals surface area contributed by atoms with Gasteiger partial charge in [-0.25, -0.2) is 9.97 Å². The molecule has 0 saturated carbocycles. The summed E-state index contributed by atoms with van der Waals surface area (Å²) in [6.45, 7) is 0.991. The summed E-state index contributed by atoms with van der Waals surface area (Å²) in [7, 11) is 0. The summed E-state index contributed by atoms with van der Waals surface area (Å²) >= 11 is 13.4. The largest absolute Gasteiger partial charge is 0.468 e. The van der Waals surface area contributed by atoms with Gasteiger partial charge in [-0.05, 0) is 48.1 Å². The van der Waals surface area contributed by atoms with E-state index < -0.39 is 24.5 Å². The van der Waals surface area contributed by atoms with Crippen LogP contribution in [0.15, 0.2) is 78.1 Å². The molecule has 0 bridgehead atoms. The zero-order valence-electron chi connectivity index (χ0n) is 22.3. The van der Waals surface area contributed by atoms with Gasteiger partial charge in [0.05, 0.1) is 26.1 Å². The van der Waals surface area contributed by atoms with Gasteiger partial charge in [-0.1, -0.05) is 84.2 Å². The first-order chi connectivity index (χ1) is 20.0. The average molecular weight is 629 g/mol. The van der Waals surface area contributed by atoms with Crippen LogP contribution in [0.1, 0.15) is 17.4 Å². The molecular formula is C28H28N4O5S4. The molecule has 214 valence electrons. The molecule has 0 N–H and O–H groups in total. The Hall–Kier alpha value is -2.81. The molecule has 4 aromatic rings. The van der Waals surface area contributed by atoms with Crippen LogP contribution in [0.3, 0.4) is 0 Å². The van der Waals surface area contributed by atoms with E-state index in [4.69, 9.17) is 43.4 Å². The summed E-state index contributed by atoms with van der Waals surface area (Å²) in [6, 6.07) is 19.6. The number of benzene rings is 2. The van der Waals surface area contributed by atoms with Crippen LogP contribution in [0.5, 0.6) is 0 Å². The Balaban J connectivity index is 1.45. The van der Waals surface area contributed by atoms with Crippen molar-refractivity contribution in [2.45, 2.75) is 37.7 Å². The molecule has 2 aromatic carbocycles. The van der Waals surface area contributed by atoms with E-state index in [0.29, 0.717) is 27.6 Å². The highest BCUT2D eigenvalue weighted by molar-refractivity contribution is 8.22. The standard InChI is InChI=1S/C28H28N4O5S4/c1-40-27(38)36-22-20(15-34-14-19-11-7-4-8-12-19)35-26(23(22)37-28(39)41-2)32-17-29-21-24(32)30-16-31(25(21)33)13-18-9-5-3-6-10-18/h3-12,16-17,20,22-23,26H,13-15H2,1-2H3/t20-,22-,23-,26-/m1/s1. The minimum atomic E-state index is -0.762. The third kappa shape index (κ3) is 6.99. The Kier molecular flexibility index (Phi) is 10.1. The summed E-state index contributed by atoms with van der Waals surface area (Å²) in [6.07, 6.45) is 4.05. The molecule has 1 aliphatic heterocycles. The van der Waals surface area contributed by atoms with E-state index in [9.17, 15) is 4.79 Å². The number of thiocarbonyl (C=S) groups is 2. The molecular weight excluding hydrogens is 601 g/mol. The van der Waals surface area contributed by atoms with E-state index in [2.05, 4.69) is 9.97 Å². The van der Waals surface area contributed by atoms with Crippen LogP contribution in [0, 0.1) is 0 Å². The van der Waals surface area contributed by atoms with Gasteiger partial charge >= 0.3 is 0 Å². The fraction of sp³-hybridized carbons (Fsp3) is 0.321. The summed E-state index contributed by atoms with van der Waals surface area (Å²) < 4.78 is 28.8. The summed E-state index contributed by atoms with van der Waals surface area (Å²) in [5.74, 6) is 0. The Bertz CT molecular complexity index is 1550. The number of hydrogen-bond donors (Lipinski definition) is 0. The number of fused-ring (bicyclic) bond motifs is 1. The van der Waals surface area contributed by atoms with Crippen LogP contribution in [0.2, 0.25) is 0 Å². The van der Waals surface area contributed by atoms with Crippen molar-refractivity contribution in [2.75, 3.05) is 19.1 Å². The molecule has 0 amide bonds. The third-order valence-corrected chi connectivity index (χ3v) is 8.55. The predicted octanol–water partition coefficient (Wildman–Crippen LogP) is 4.82. The fourth-order valence-electron chi connectivity index (χ4n) is 4.54. The van der Waals surface area contributed by atoms with Gasteiger partial charge in [0.2, 0.25) is 8.77 Å². The molecule has 1 fully saturated rings. The first kappa shape index (κ1) is 29.7. The van der Waals surface area contributed by atoms with Crippen molar-refractivity contribution >= 4 is 67.9 Å². The number of thioether (sulfide) groups is 2. The minimum absolute atomic E-state index is 0.211. The first-order valence-corrected chi connectivity index (χ1v) is 16.0. The second-order valence-corrected chi connectivity index (χ2v) is 11.9. The van der Waals surface area contributed by atoms with E-state index in [0.717, 1.165) is 11.1 Å². The van der Waals surface area contributed by atoms with Crippen molar-refractivity contribution in [1.29, 1.82) is 0 Å². The van der Waals surface area contributed by atoms with Gasteiger partial charge in [0.25, 0.3) is 5.56 Å². The van der Waals surface area contributed by atoms with E-state index in [1.807, 2.05) is 73.2 Å². The second-order valence-electron chi connectivity index (χ2n) is 9.13. The first-order valence-electron chi connectivity index (χ1n) is 12.7. The Morgan fingerprint density at radius 3 is 2.20 bits per heavy atom. The lowest BCUT2D eigenvalue weighted by atomic mass is 10.1. The second kappa shape index (κ2) is 13.9. The van der Waals surface area contributed by atoms with Gasteiger partial charge in [0.1, 0.15) is 12.4 Å². The SMILES string of the molecule is CSC(=S)O[C@@H]1[C@H](OC(=S)SC)[C@@H](COCc2ccccc2)O[C@H]1n1cnc2c(=O)n(Cc3ccccc3)cnc21. The van der Waals surface area contributed by atoms with E-state index in [-0.39, 0.29) is 17.7 Å². The number of ether oxygens (including phenoxy) is 4. The molecule has 1 aliphatic rings. The zero-order valence-corrected chi connectivity index (χ0v) is 25.6. The number of aromatic nitrogens is 4. The zero-order chi connectivity index (χ0) is 28.8. The van der Waals surface area contributed by atoms with Gasteiger partial charge in [0, 0.05) is 0 Å². The maximum Gasteiger partial charge on any atom is 0.281 e. The smallest absolute Gasteiger partial charge is 0.281 e. The van der Waals surface area contributed by atoms with Crippen molar-refractivity contribution in [1.82, 2.24) is 19.1 Å². The van der Waals surface area contributed by atoms with Gasteiger partial charge in [-0.15, -0.1) is 0 Å². The minimum Gasteiger partial charge on any atom is -0.468 e. The number of hydrogen-bond acceptors (Lipinski definition) is 11. The quantitative estimate of drug-likeness (QED) is 0.239. The number of nitrogens with zero attached hydrogens (tertiary/aromatic N) is 4. The number of rotatable bonds is 9. The van der Waals surface area contributed by atoms with Crippen molar-refractivity contribution in [3.05, 3.63) is 94.8 Å². The van der Waals surface area contributed by atoms with Crippen molar-refractivity contribution in [3.8, 4) is 0 Å². The predicted molar refractivity (Wildman–Crippen MR) is 169 cm³/mol. The molecule has 0 spiro atoms. The Morgan fingerprint density at radius 1 is 0.902 bits per heavy atom. The molecule has 3 heterocycles. The third-order valence-electron chi connectivity index (χ3n) is 6.50. The summed E-state index contributed by atoms with van der Waals surface area (Å²) in [4.78, 5) is 22.4. The van der Waals surface area contributed by atoms with Crippen molar-refractivity contribution in [2.24, 2.45) is 0 Å². The monoisotopic (exact) mass is 628 g/mol. The van der Waals surface area contributed by atoms with Gasteiger partial charge in [-0.2, -0.15) is 0 Å². The number of imidazole rings is 1. The van der Waals surface area contributed by atoms with Gasteiger partial charge in [0.15, 0.2) is 29.6 Å². The van der Waals surface area contributed by atoms with Crippen LogP contribution in [-0.2, 0) is 32.1 Å². The molecule has 4 atom stereocenters. The molecule has 13 heteroatoms. The maximum absolute atomic E-state index is 13.3. The molecule has 9 nitrogen and oxygen atoms in total. The highest BCUT2D eigenvalue weighted by Gasteiger charge is 2.50. The molecule has 2 aromatic heterocycles. The Labute approximate surface area is 256 Å². The van der Waals surface area contributed by atoms with Gasteiger partial charge in [-0.3, -0.25) is 13.9 Å². The lowest BCUT2D eigenvalue weighted by Gasteiger charge is -2.25. The highest BCUT2D eigenvalue weighted by atomic mass is 32.2. The van der Waals surface area contributed by atoms with Crippen molar-refractivity contribution in [3.63, 3.8) is 0 Å². The summed E-state index contributed by atoms with van der Waals surface area (Å²) in [5, 5.41) is 0. The fourth-order valence-corrected chi connectivity index (χ4v) is 5.18. The molecule has 0 radical (unpaired) electrons. The van der Waals surface area contributed by atoms with Crippen LogP contribution in [0.4, 0.5) is 0 Å². The molecule has 0 unspecified atom stereocenters. The highest BCUT2D eigenvalue weighted by Crippen LogP contribution is 2.37. The van der Waals surface area contributed by atoms with Crippen LogP contribution in [0.25, 0.3) is 11.2 Å². The normalized spacial score (nSPS) is 20.2. The van der Waals surface area contributed by atoms with Crippen LogP contribution in [-0.4, -0.2) is 65.3 Å². The molecule has 0 aliphatic carbocycles. The van der Waals surface area contributed by atoms with E-state index in [1.165, 1.54) is 40.7 Å². The van der Waals surface area contributed by atoms with E-state index >= 15 is 0 Å². The molecule has 5 rings (SSSR count). The lowest BCUT2D eigenvalue weighted by Crippen LogP contribution is -2.39. The maximum atomic E-state index is 13.3. The average Bonchev–Trinajstić information content (AvgIpc) is 3.57. The van der Waals surface area contributed by atoms with Gasteiger partial charge < -0.3 is 18.9 Å². The molecule has 1 saturated heterocycles. The van der Waals surface area contributed by atoms with Crippen molar-refractivity contribution < 1.29 is 18.9 Å².